The van der Waals surface area contributed by atoms with Crippen molar-refractivity contribution < 1.29 is 4.92 Å². The van der Waals surface area contributed by atoms with Crippen molar-refractivity contribution in [2.75, 3.05) is 26.0 Å². The van der Waals surface area contributed by atoms with Crippen LogP contribution in [0, 0.1) is 16.0 Å². The van der Waals surface area contributed by atoms with Crippen molar-refractivity contribution in [3.05, 3.63) is 16.4 Å². The van der Waals surface area contributed by atoms with Crippen LogP contribution < -0.4 is 5.32 Å². The van der Waals surface area contributed by atoms with E-state index < -0.39 is 4.92 Å². The topological polar surface area (TPSA) is 76.2 Å². The largest absolute Gasteiger partial charge is 0.406 e. The normalized spacial score (nSPS) is 14.4. The molecule has 7 nitrogen and oxygen atoms in total. The molecule has 0 saturated heterocycles. The zero-order chi connectivity index (χ0) is 14.6. The van der Waals surface area contributed by atoms with Crippen LogP contribution in [0.4, 0.5) is 11.6 Å². The molecule has 0 bridgehead atoms. The Kier molecular flexibility index (Phi) is 5.29. The Hall–Kier alpha value is -1.63. The van der Waals surface area contributed by atoms with Crippen LogP contribution in [0.2, 0.25) is 0 Å². The van der Waals surface area contributed by atoms with Gasteiger partial charge < -0.3 is 20.3 Å². The molecule has 1 aromatic rings. The summed E-state index contributed by atoms with van der Waals surface area (Å²) in [6, 6.07) is 0.147. The van der Waals surface area contributed by atoms with Crippen molar-refractivity contribution in [2.45, 2.75) is 26.3 Å². The zero-order valence-corrected chi connectivity index (χ0v) is 12.3. The third-order valence-corrected chi connectivity index (χ3v) is 3.31. The molecule has 1 rings (SSSR count). The number of hydrogen-bond acceptors (Lipinski definition) is 5. The average Bonchev–Trinajstić information content (AvgIpc) is 2.68. The minimum atomic E-state index is -0.453. The maximum absolute atomic E-state index is 11.0. The maximum atomic E-state index is 11.0. The minimum absolute atomic E-state index is 0.116. The molecular weight excluding hydrogens is 246 g/mol. The fourth-order valence-corrected chi connectivity index (χ4v) is 1.94. The molecule has 1 heterocycles. The van der Waals surface area contributed by atoms with Gasteiger partial charge in [0.2, 0.25) is 12.1 Å². The Balaban J connectivity index is 2.95. The summed E-state index contributed by atoms with van der Waals surface area (Å²) in [5, 5.41) is 14.2. The van der Waals surface area contributed by atoms with Crippen LogP contribution in [0.1, 0.15) is 20.3 Å². The van der Waals surface area contributed by atoms with E-state index in [4.69, 9.17) is 0 Å². The number of likely N-dealkylation sites (N-methyl/N-ethyl adjacent to an activating group) is 1. The van der Waals surface area contributed by atoms with E-state index in [0.717, 1.165) is 13.0 Å². The van der Waals surface area contributed by atoms with Crippen molar-refractivity contribution in [3.8, 4) is 0 Å². The molecule has 108 valence electrons. The average molecular weight is 269 g/mol. The molecule has 1 aromatic heterocycles. The van der Waals surface area contributed by atoms with E-state index in [9.17, 15) is 10.1 Å². The number of nitrogens with zero attached hydrogens (tertiary/aromatic N) is 4. The summed E-state index contributed by atoms with van der Waals surface area (Å²) in [6.07, 6.45) is 2.47. The summed E-state index contributed by atoms with van der Waals surface area (Å²) in [7, 11) is 5.75. The Bertz CT molecular complexity index is 430. The summed E-state index contributed by atoms with van der Waals surface area (Å²) in [4.78, 5) is 16.4. The van der Waals surface area contributed by atoms with Gasteiger partial charge in [-0.3, -0.25) is 4.57 Å². The lowest BCUT2D eigenvalue weighted by Gasteiger charge is -2.27. The Labute approximate surface area is 113 Å². The first-order valence-corrected chi connectivity index (χ1v) is 6.43. The first-order valence-electron chi connectivity index (χ1n) is 6.43. The summed E-state index contributed by atoms with van der Waals surface area (Å²) >= 11 is 0. The second kappa shape index (κ2) is 6.51. The fourth-order valence-electron chi connectivity index (χ4n) is 1.94. The third-order valence-electron chi connectivity index (χ3n) is 3.31. The van der Waals surface area contributed by atoms with Crippen LogP contribution in [0.15, 0.2) is 6.33 Å². The molecule has 0 saturated carbocycles. The highest BCUT2D eigenvalue weighted by atomic mass is 16.6. The van der Waals surface area contributed by atoms with Crippen LogP contribution in [-0.4, -0.2) is 46.1 Å². The fraction of sp³-hybridized carbons (Fsp3) is 0.750. The monoisotopic (exact) mass is 269 g/mol. The van der Waals surface area contributed by atoms with Gasteiger partial charge in [0.05, 0.1) is 0 Å². The van der Waals surface area contributed by atoms with Gasteiger partial charge >= 0.3 is 5.82 Å². The molecule has 0 fully saturated rings. The predicted octanol–water partition coefficient (Wildman–Crippen LogP) is 1.72. The van der Waals surface area contributed by atoms with E-state index >= 15 is 0 Å². The number of rotatable bonds is 7. The second-order valence-electron chi connectivity index (χ2n) is 5.18. The van der Waals surface area contributed by atoms with E-state index in [-0.39, 0.29) is 11.9 Å². The van der Waals surface area contributed by atoms with Crippen molar-refractivity contribution in [1.82, 2.24) is 14.5 Å². The molecule has 0 aliphatic heterocycles. The van der Waals surface area contributed by atoms with Gasteiger partial charge in [0.15, 0.2) is 0 Å². The minimum Gasteiger partial charge on any atom is -0.360 e. The maximum Gasteiger partial charge on any atom is 0.406 e. The number of hydrogen-bond donors (Lipinski definition) is 1. The molecule has 2 atom stereocenters. The van der Waals surface area contributed by atoms with Gasteiger partial charge in [-0.25, -0.2) is 0 Å². The molecular formula is C12H23N5O2. The second-order valence-corrected chi connectivity index (χ2v) is 5.18. The van der Waals surface area contributed by atoms with Gasteiger partial charge in [0.1, 0.15) is 0 Å². The quantitative estimate of drug-likeness (QED) is 0.602. The molecule has 0 spiro atoms. The highest BCUT2D eigenvalue weighted by Gasteiger charge is 2.25. The van der Waals surface area contributed by atoms with E-state index in [1.165, 1.54) is 6.33 Å². The number of nitrogens with one attached hydrogen (secondary N) is 1. The highest BCUT2D eigenvalue weighted by molar-refractivity contribution is 5.52. The summed E-state index contributed by atoms with van der Waals surface area (Å²) in [5.74, 6) is 0.767. The number of imidazole rings is 1. The number of anilines is 1. The smallest absolute Gasteiger partial charge is 0.360 e. The zero-order valence-electron chi connectivity index (χ0n) is 12.3. The lowest BCUT2D eigenvalue weighted by Crippen LogP contribution is -2.38. The van der Waals surface area contributed by atoms with Gasteiger partial charge in [-0.05, 0) is 29.9 Å². The molecule has 0 aromatic carbocycles. The van der Waals surface area contributed by atoms with Crippen LogP contribution >= 0.6 is 0 Å². The van der Waals surface area contributed by atoms with Crippen molar-refractivity contribution in [1.29, 1.82) is 0 Å². The van der Waals surface area contributed by atoms with E-state index in [1.54, 1.807) is 11.6 Å². The van der Waals surface area contributed by atoms with Gasteiger partial charge in [-0.1, -0.05) is 20.3 Å². The van der Waals surface area contributed by atoms with Crippen molar-refractivity contribution >= 4 is 11.6 Å². The number of nitro groups is 1. The van der Waals surface area contributed by atoms with Crippen molar-refractivity contribution in [3.63, 3.8) is 0 Å². The van der Waals surface area contributed by atoms with Gasteiger partial charge in [-0.2, -0.15) is 0 Å². The summed E-state index contributed by atoms with van der Waals surface area (Å²) in [5.41, 5.74) is 0. The number of aromatic nitrogens is 2. The molecule has 0 aliphatic rings. The summed E-state index contributed by atoms with van der Waals surface area (Å²) < 4.78 is 1.66. The molecule has 19 heavy (non-hydrogen) atoms. The predicted molar refractivity (Wildman–Crippen MR) is 75.3 cm³/mol. The Morgan fingerprint density at radius 3 is 2.68 bits per heavy atom. The lowest BCUT2D eigenvalue weighted by molar-refractivity contribution is -0.388. The molecule has 0 amide bonds. The third kappa shape index (κ3) is 3.92. The first kappa shape index (κ1) is 15.4. The van der Waals surface area contributed by atoms with Gasteiger partial charge in [-0.15, -0.1) is 0 Å². The lowest BCUT2D eigenvalue weighted by atomic mass is 9.99. The summed E-state index contributed by atoms with van der Waals surface area (Å²) in [6.45, 7) is 5.08. The van der Waals surface area contributed by atoms with Gasteiger partial charge in [0.25, 0.3) is 0 Å². The van der Waals surface area contributed by atoms with Gasteiger partial charge in [0, 0.05) is 19.6 Å². The standard InChI is InChI=1S/C12H23N5O2/c1-6-9(2)10(7-15(3)4)14-12-11(17(18)19)13-8-16(12)5/h8-10,14H,6-7H2,1-5H3/t9-,10+/m0/s1. The molecule has 7 heteroatoms. The molecule has 0 unspecified atom stereocenters. The first-order chi connectivity index (χ1) is 8.86. The van der Waals surface area contributed by atoms with Crippen LogP contribution in [0.25, 0.3) is 0 Å². The molecule has 0 radical (unpaired) electrons. The van der Waals surface area contributed by atoms with Crippen LogP contribution in [0.3, 0.4) is 0 Å². The SMILES string of the molecule is CC[C@H](C)[C@@H](CN(C)C)Nc1c([N+](=O)[O-])ncn1C. The van der Waals surface area contributed by atoms with Crippen LogP contribution in [0.5, 0.6) is 0 Å². The Morgan fingerprint density at radius 2 is 2.21 bits per heavy atom. The van der Waals surface area contributed by atoms with E-state index in [1.807, 2.05) is 14.1 Å². The van der Waals surface area contributed by atoms with E-state index in [2.05, 4.69) is 29.0 Å². The highest BCUT2D eigenvalue weighted by Crippen LogP contribution is 2.24. The van der Waals surface area contributed by atoms with E-state index in [0.29, 0.717) is 11.7 Å². The Morgan fingerprint density at radius 1 is 1.58 bits per heavy atom. The molecule has 1 N–H and O–H groups in total. The van der Waals surface area contributed by atoms with Crippen molar-refractivity contribution in [2.24, 2.45) is 13.0 Å². The van der Waals surface area contributed by atoms with Crippen LogP contribution in [-0.2, 0) is 7.05 Å². The molecule has 0 aliphatic carbocycles. The number of aryl methyl sites for hydroxylation is 1.